The molecule has 128 valence electrons. The van der Waals surface area contributed by atoms with Crippen LogP contribution < -0.4 is 5.32 Å². The minimum absolute atomic E-state index is 0.0228. The van der Waals surface area contributed by atoms with Crippen LogP contribution >= 0.6 is 0 Å². The van der Waals surface area contributed by atoms with Gasteiger partial charge in [-0.1, -0.05) is 31.2 Å². The second kappa shape index (κ2) is 9.04. The highest BCUT2D eigenvalue weighted by Crippen LogP contribution is 2.15. The first-order valence-electron chi connectivity index (χ1n) is 8.72. The summed E-state index contributed by atoms with van der Waals surface area (Å²) in [5, 5.41) is 3.02. The lowest BCUT2D eigenvalue weighted by Gasteiger charge is -2.24. The summed E-state index contributed by atoms with van der Waals surface area (Å²) in [5.41, 5.74) is 2.41. The third-order valence-corrected chi connectivity index (χ3v) is 4.42. The SMILES string of the molecule is CCc1ccc(C(C)NC(=O)C(C)OCC2CCCCO2)cc1. The van der Waals surface area contributed by atoms with E-state index in [2.05, 4.69) is 36.5 Å². The number of aryl methyl sites for hydroxylation is 1. The summed E-state index contributed by atoms with van der Waals surface area (Å²) in [7, 11) is 0. The summed E-state index contributed by atoms with van der Waals surface area (Å²) >= 11 is 0. The topological polar surface area (TPSA) is 47.6 Å². The summed E-state index contributed by atoms with van der Waals surface area (Å²) in [5.74, 6) is -0.0760. The molecular formula is C19H29NO3. The molecule has 3 unspecified atom stereocenters. The van der Waals surface area contributed by atoms with Crippen molar-refractivity contribution in [1.82, 2.24) is 5.32 Å². The molecule has 0 aliphatic carbocycles. The van der Waals surface area contributed by atoms with Gasteiger partial charge in [0.25, 0.3) is 0 Å². The third-order valence-electron chi connectivity index (χ3n) is 4.42. The molecule has 1 fully saturated rings. The van der Waals surface area contributed by atoms with Crippen LogP contribution in [0.1, 0.15) is 57.2 Å². The van der Waals surface area contributed by atoms with Crippen LogP contribution in [-0.2, 0) is 20.7 Å². The van der Waals surface area contributed by atoms with Crippen LogP contribution in [0.15, 0.2) is 24.3 Å². The molecule has 1 heterocycles. The highest BCUT2D eigenvalue weighted by Gasteiger charge is 2.20. The van der Waals surface area contributed by atoms with Gasteiger partial charge >= 0.3 is 0 Å². The lowest BCUT2D eigenvalue weighted by molar-refractivity contribution is -0.136. The highest BCUT2D eigenvalue weighted by molar-refractivity contribution is 5.80. The minimum atomic E-state index is -0.460. The van der Waals surface area contributed by atoms with E-state index in [-0.39, 0.29) is 18.1 Å². The first-order valence-corrected chi connectivity index (χ1v) is 8.72. The Morgan fingerprint density at radius 3 is 2.65 bits per heavy atom. The molecule has 0 bridgehead atoms. The Labute approximate surface area is 139 Å². The molecule has 1 saturated heterocycles. The number of nitrogens with one attached hydrogen (secondary N) is 1. The molecule has 23 heavy (non-hydrogen) atoms. The van der Waals surface area contributed by atoms with Gasteiger partial charge in [0.2, 0.25) is 5.91 Å². The van der Waals surface area contributed by atoms with Gasteiger partial charge in [0, 0.05) is 6.61 Å². The lowest BCUT2D eigenvalue weighted by atomic mass is 10.0. The molecule has 0 spiro atoms. The number of amides is 1. The number of hydrogen-bond acceptors (Lipinski definition) is 3. The van der Waals surface area contributed by atoms with Gasteiger partial charge in [-0.15, -0.1) is 0 Å². The number of carbonyl (C=O) groups is 1. The van der Waals surface area contributed by atoms with Gasteiger partial charge in [-0.05, 0) is 50.7 Å². The molecule has 0 saturated carbocycles. The molecule has 1 aromatic carbocycles. The second-order valence-electron chi connectivity index (χ2n) is 6.29. The number of ether oxygens (including phenoxy) is 2. The number of rotatable bonds is 7. The Hall–Kier alpha value is -1.39. The van der Waals surface area contributed by atoms with Gasteiger partial charge in [0.15, 0.2) is 0 Å². The van der Waals surface area contributed by atoms with E-state index in [1.807, 2.05) is 6.92 Å². The van der Waals surface area contributed by atoms with E-state index in [1.54, 1.807) is 6.92 Å². The van der Waals surface area contributed by atoms with E-state index >= 15 is 0 Å². The van der Waals surface area contributed by atoms with Gasteiger partial charge in [-0.3, -0.25) is 4.79 Å². The molecule has 2 rings (SSSR count). The average Bonchev–Trinajstić information content (AvgIpc) is 2.60. The predicted octanol–water partition coefficient (Wildman–Crippen LogP) is 3.40. The van der Waals surface area contributed by atoms with E-state index in [1.165, 1.54) is 12.0 Å². The molecule has 1 amide bonds. The van der Waals surface area contributed by atoms with Crippen molar-refractivity contribution in [3.05, 3.63) is 35.4 Å². The largest absolute Gasteiger partial charge is 0.376 e. The van der Waals surface area contributed by atoms with Gasteiger partial charge in [0.1, 0.15) is 6.10 Å². The molecule has 4 heteroatoms. The summed E-state index contributed by atoms with van der Waals surface area (Å²) in [4.78, 5) is 12.2. The number of carbonyl (C=O) groups excluding carboxylic acids is 1. The Morgan fingerprint density at radius 1 is 1.30 bits per heavy atom. The van der Waals surface area contributed by atoms with Crippen LogP contribution in [0, 0.1) is 0 Å². The molecule has 1 aromatic rings. The maximum atomic E-state index is 12.2. The summed E-state index contributed by atoms with van der Waals surface area (Å²) < 4.78 is 11.3. The van der Waals surface area contributed by atoms with Gasteiger partial charge in [-0.2, -0.15) is 0 Å². The first-order chi connectivity index (χ1) is 11.1. The second-order valence-corrected chi connectivity index (χ2v) is 6.29. The van der Waals surface area contributed by atoms with Crippen molar-refractivity contribution in [2.75, 3.05) is 13.2 Å². The van der Waals surface area contributed by atoms with Crippen LogP contribution in [0.5, 0.6) is 0 Å². The monoisotopic (exact) mass is 319 g/mol. The smallest absolute Gasteiger partial charge is 0.249 e. The van der Waals surface area contributed by atoms with Gasteiger partial charge in [0.05, 0.1) is 18.8 Å². The Morgan fingerprint density at radius 2 is 2.04 bits per heavy atom. The van der Waals surface area contributed by atoms with Crippen LogP contribution in [0.3, 0.4) is 0 Å². The molecule has 1 N–H and O–H groups in total. The minimum Gasteiger partial charge on any atom is -0.376 e. The fourth-order valence-corrected chi connectivity index (χ4v) is 2.72. The highest BCUT2D eigenvalue weighted by atomic mass is 16.5. The van der Waals surface area contributed by atoms with Crippen LogP contribution in [0.4, 0.5) is 0 Å². The van der Waals surface area contributed by atoms with Crippen molar-refractivity contribution in [1.29, 1.82) is 0 Å². The molecule has 3 atom stereocenters. The van der Waals surface area contributed by atoms with E-state index < -0.39 is 6.10 Å². The fourth-order valence-electron chi connectivity index (χ4n) is 2.72. The maximum absolute atomic E-state index is 12.2. The Balaban J connectivity index is 1.77. The molecule has 4 nitrogen and oxygen atoms in total. The van der Waals surface area contributed by atoms with E-state index in [4.69, 9.17) is 9.47 Å². The quantitative estimate of drug-likeness (QED) is 0.838. The van der Waals surface area contributed by atoms with Crippen molar-refractivity contribution < 1.29 is 14.3 Å². The maximum Gasteiger partial charge on any atom is 0.249 e. The Bertz CT molecular complexity index is 480. The zero-order chi connectivity index (χ0) is 16.7. The lowest BCUT2D eigenvalue weighted by Crippen LogP contribution is -2.38. The summed E-state index contributed by atoms with van der Waals surface area (Å²) in [6, 6.07) is 8.35. The van der Waals surface area contributed by atoms with Crippen molar-refractivity contribution in [3.8, 4) is 0 Å². The normalized spacial score (nSPS) is 20.7. The van der Waals surface area contributed by atoms with Crippen LogP contribution in [0.25, 0.3) is 0 Å². The van der Waals surface area contributed by atoms with E-state index in [9.17, 15) is 4.79 Å². The van der Waals surface area contributed by atoms with Crippen molar-refractivity contribution in [3.63, 3.8) is 0 Å². The third kappa shape index (κ3) is 5.63. The Kier molecular flexibility index (Phi) is 7.06. The van der Waals surface area contributed by atoms with E-state index in [0.29, 0.717) is 6.61 Å². The number of hydrogen-bond donors (Lipinski definition) is 1. The zero-order valence-corrected chi connectivity index (χ0v) is 14.5. The van der Waals surface area contributed by atoms with Gasteiger partial charge < -0.3 is 14.8 Å². The van der Waals surface area contributed by atoms with Crippen LogP contribution in [0.2, 0.25) is 0 Å². The van der Waals surface area contributed by atoms with Crippen LogP contribution in [-0.4, -0.2) is 31.3 Å². The first kappa shape index (κ1) is 18.0. The predicted molar refractivity (Wildman–Crippen MR) is 91.4 cm³/mol. The van der Waals surface area contributed by atoms with Crippen molar-refractivity contribution in [2.45, 2.75) is 64.7 Å². The molecule has 1 aliphatic rings. The average molecular weight is 319 g/mol. The molecular weight excluding hydrogens is 290 g/mol. The van der Waals surface area contributed by atoms with Crippen molar-refractivity contribution in [2.24, 2.45) is 0 Å². The van der Waals surface area contributed by atoms with Gasteiger partial charge in [-0.25, -0.2) is 0 Å². The molecule has 1 aliphatic heterocycles. The summed E-state index contributed by atoms with van der Waals surface area (Å²) in [6.45, 7) is 7.23. The fraction of sp³-hybridized carbons (Fsp3) is 0.632. The van der Waals surface area contributed by atoms with E-state index in [0.717, 1.165) is 31.4 Å². The zero-order valence-electron chi connectivity index (χ0n) is 14.5. The molecule has 0 aromatic heterocycles. The summed E-state index contributed by atoms with van der Waals surface area (Å²) in [6.07, 6.45) is 4.03. The van der Waals surface area contributed by atoms with Crippen molar-refractivity contribution >= 4 is 5.91 Å². The standard InChI is InChI=1S/C19H29NO3/c1-4-16-8-10-17(11-9-16)14(2)20-19(21)15(3)23-13-18-7-5-6-12-22-18/h8-11,14-15,18H,4-7,12-13H2,1-3H3,(H,20,21). The number of benzene rings is 1. The molecule has 0 radical (unpaired) electrons.